The van der Waals surface area contributed by atoms with E-state index in [1.54, 1.807) is 12.3 Å². The van der Waals surface area contributed by atoms with Crippen LogP contribution in [0.15, 0.2) is 53.3 Å². The van der Waals surface area contributed by atoms with Gasteiger partial charge < -0.3 is 14.3 Å². The van der Waals surface area contributed by atoms with Gasteiger partial charge >= 0.3 is 0 Å². The summed E-state index contributed by atoms with van der Waals surface area (Å²) >= 11 is 0. The lowest BCUT2D eigenvalue weighted by Gasteiger charge is -2.12. The van der Waals surface area contributed by atoms with Gasteiger partial charge in [0.2, 0.25) is 0 Å². The van der Waals surface area contributed by atoms with E-state index in [2.05, 4.69) is 16.8 Å². The Kier molecular flexibility index (Phi) is 3.56. The number of nitrogens with one attached hydrogen (secondary N) is 1. The van der Waals surface area contributed by atoms with Gasteiger partial charge in [0.15, 0.2) is 0 Å². The molecule has 1 unspecified atom stereocenters. The number of benzene rings is 1. The molecular weight excluding hydrogens is 255 g/mol. The highest BCUT2D eigenvalue weighted by molar-refractivity contribution is 5.80. The van der Waals surface area contributed by atoms with E-state index in [1.165, 1.54) is 6.07 Å². The number of nitrogens with zero attached hydrogens (tertiary/aromatic N) is 1. The zero-order valence-corrected chi connectivity index (χ0v) is 11.3. The molecule has 0 bridgehead atoms. The molecule has 2 heterocycles. The normalized spacial score (nSPS) is 12.9. The summed E-state index contributed by atoms with van der Waals surface area (Å²) in [6, 6.07) is 10.9. The minimum Gasteiger partial charge on any atom is -0.468 e. The molecule has 1 atom stereocenters. The van der Waals surface area contributed by atoms with Crippen molar-refractivity contribution in [3.05, 3.63) is 60.4 Å². The predicted octanol–water partition coefficient (Wildman–Crippen LogP) is 3.72. The zero-order chi connectivity index (χ0) is 13.9. The molecule has 1 N–H and O–H groups in total. The van der Waals surface area contributed by atoms with Crippen LogP contribution in [0.1, 0.15) is 18.7 Å². The molecule has 0 saturated carbocycles. The number of hydrogen-bond acceptors (Lipinski definition) is 2. The first-order valence-corrected chi connectivity index (χ1v) is 6.75. The summed E-state index contributed by atoms with van der Waals surface area (Å²) in [5, 5.41) is 4.35. The van der Waals surface area contributed by atoms with Crippen molar-refractivity contribution in [2.24, 2.45) is 0 Å². The number of rotatable bonds is 5. The topological polar surface area (TPSA) is 30.1 Å². The Labute approximate surface area is 117 Å². The average Bonchev–Trinajstić information content (AvgIpc) is 3.08. The second kappa shape index (κ2) is 5.51. The van der Waals surface area contributed by atoms with Crippen molar-refractivity contribution in [2.75, 3.05) is 6.54 Å². The van der Waals surface area contributed by atoms with E-state index >= 15 is 0 Å². The third-order valence-electron chi connectivity index (χ3n) is 3.51. The van der Waals surface area contributed by atoms with Crippen molar-refractivity contribution in [3.8, 4) is 0 Å². The third-order valence-corrected chi connectivity index (χ3v) is 3.51. The van der Waals surface area contributed by atoms with Crippen molar-refractivity contribution in [1.29, 1.82) is 0 Å². The highest BCUT2D eigenvalue weighted by Crippen LogP contribution is 2.17. The van der Waals surface area contributed by atoms with Crippen molar-refractivity contribution in [1.82, 2.24) is 9.88 Å². The Hall–Kier alpha value is -2.07. The van der Waals surface area contributed by atoms with E-state index in [1.807, 2.05) is 30.5 Å². The van der Waals surface area contributed by atoms with Gasteiger partial charge in [0.1, 0.15) is 11.6 Å². The molecule has 2 aromatic heterocycles. The molecule has 0 radical (unpaired) electrons. The lowest BCUT2D eigenvalue weighted by atomic mass is 10.2. The van der Waals surface area contributed by atoms with Crippen molar-refractivity contribution in [3.63, 3.8) is 0 Å². The van der Waals surface area contributed by atoms with Gasteiger partial charge in [-0.25, -0.2) is 4.39 Å². The summed E-state index contributed by atoms with van der Waals surface area (Å²) in [6.45, 7) is 3.73. The number of fused-ring (bicyclic) bond motifs is 1. The Morgan fingerprint density at radius 1 is 1.30 bits per heavy atom. The van der Waals surface area contributed by atoms with Crippen LogP contribution >= 0.6 is 0 Å². The molecule has 3 aromatic rings. The molecule has 20 heavy (non-hydrogen) atoms. The molecule has 0 aliphatic rings. The monoisotopic (exact) mass is 272 g/mol. The van der Waals surface area contributed by atoms with E-state index in [4.69, 9.17) is 4.42 Å². The van der Waals surface area contributed by atoms with E-state index in [9.17, 15) is 4.39 Å². The maximum Gasteiger partial charge on any atom is 0.123 e. The van der Waals surface area contributed by atoms with E-state index in [0.717, 1.165) is 29.8 Å². The highest BCUT2D eigenvalue weighted by Gasteiger charge is 2.07. The smallest absolute Gasteiger partial charge is 0.123 e. The molecule has 104 valence electrons. The SMILES string of the molecule is CC(NCCn1ccc2cc(F)ccc21)c1ccco1. The van der Waals surface area contributed by atoms with Gasteiger partial charge in [-0.15, -0.1) is 0 Å². The zero-order valence-electron chi connectivity index (χ0n) is 11.3. The quantitative estimate of drug-likeness (QED) is 0.767. The number of aromatic nitrogens is 1. The van der Waals surface area contributed by atoms with Crippen molar-refractivity contribution >= 4 is 10.9 Å². The maximum atomic E-state index is 13.1. The Morgan fingerprint density at radius 3 is 3.00 bits per heavy atom. The molecule has 0 spiro atoms. The Morgan fingerprint density at radius 2 is 2.20 bits per heavy atom. The van der Waals surface area contributed by atoms with Crippen LogP contribution in [0.3, 0.4) is 0 Å². The Balaban J connectivity index is 1.63. The van der Waals surface area contributed by atoms with Crippen LogP contribution in [0.25, 0.3) is 10.9 Å². The lowest BCUT2D eigenvalue weighted by Crippen LogP contribution is -2.22. The second-order valence-electron chi connectivity index (χ2n) is 4.90. The van der Waals surface area contributed by atoms with Gasteiger partial charge in [-0.1, -0.05) is 0 Å². The first-order valence-electron chi connectivity index (χ1n) is 6.75. The molecule has 1 aromatic carbocycles. The number of furan rings is 1. The first-order chi connectivity index (χ1) is 9.74. The summed E-state index contributed by atoms with van der Waals surface area (Å²) in [4.78, 5) is 0. The molecule has 0 fully saturated rings. The number of halogens is 1. The standard InChI is InChI=1S/C16H17FN2O/c1-12(16-3-2-10-20-16)18-7-9-19-8-6-13-11-14(17)4-5-15(13)19/h2-6,8,10-12,18H,7,9H2,1H3. The molecule has 3 rings (SSSR count). The van der Waals surface area contributed by atoms with Crippen molar-refractivity contribution in [2.45, 2.75) is 19.5 Å². The minimum absolute atomic E-state index is 0.185. The summed E-state index contributed by atoms with van der Waals surface area (Å²) < 4.78 is 20.6. The summed E-state index contributed by atoms with van der Waals surface area (Å²) in [7, 11) is 0. The summed E-state index contributed by atoms with van der Waals surface area (Å²) in [6.07, 6.45) is 3.67. The number of hydrogen-bond donors (Lipinski definition) is 1. The lowest BCUT2D eigenvalue weighted by molar-refractivity contribution is 0.425. The fourth-order valence-electron chi connectivity index (χ4n) is 2.41. The van der Waals surface area contributed by atoms with Gasteiger partial charge in [-0.2, -0.15) is 0 Å². The third kappa shape index (κ3) is 2.60. The van der Waals surface area contributed by atoms with Crippen LogP contribution in [0.4, 0.5) is 4.39 Å². The van der Waals surface area contributed by atoms with Crippen LogP contribution in [0.5, 0.6) is 0 Å². The molecule has 4 heteroatoms. The van der Waals surface area contributed by atoms with E-state index < -0.39 is 0 Å². The summed E-state index contributed by atoms with van der Waals surface area (Å²) in [5.41, 5.74) is 1.05. The van der Waals surface area contributed by atoms with Gasteiger partial charge in [-0.05, 0) is 43.3 Å². The largest absolute Gasteiger partial charge is 0.468 e. The minimum atomic E-state index is -0.195. The van der Waals surface area contributed by atoms with Crippen LogP contribution in [0.2, 0.25) is 0 Å². The molecule has 0 saturated heterocycles. The van der Waals surface area contributed by atoms with Gasteiger partial charge in [0.25, 0.3) is 0 Å². The van der Waals surface area contributed by atoms with Crippen LogP contribution < -0.4 is 5.32 Å². The molecule has 0 aliphatic carbocycles. The summed E-state index contributed by atoms with van der Waals surface area (Å²) in [5.74, 6) is 0.740. The van der Waals surface area contributed by atoms with Gasteiger partial charge in [0, 0.05) is 30.2 Å². The highest BCUT2D eigenvalue weighted by atomic mass is 19.1. The molecule has 0 amide bonds. The molecular formula is C16H17FN2O. The van der Waals surface area contributed by atoms with Crippen LogP contribution in [-0.4, -0.2) is 11.1 Å². The molecule has 0 aliphatic heterocycles. The van der Waals surface area contributed by atoms with Gasteiger partial charge in [0.05, 0.1) is 12.3 Å². The van der Waals surface area contributed by atoms with Gasteiger partial charge in [-0.3, -0.25) is 0 Å². The van der Waals surface area contributed by atoms with Crippen LogP contribution in [-0.2, 0) is 6.54 Å². The van der Waals surface area contributed by atoms with Crippen LogP contribution in [0, 0.1) is 5.82 Å². The van der Waals surface area contributed by atoms with E-state index in [0.29, 0.717) is 0 Å². The average molecular weight is 272 g/mol. The maximum absolute atomic E-state index is 13.1. The van der Waals surface area contributed by atoms with Crippen molar-refractivity contribution < 1.29 is 8.81 Å². The first kappa shape index (κ1) is 12.9. The predicted molar refractivity (Wildman–Crippen MR) is 77.0 cm³/mol. The fourth-order valence-corrected chi connectivity index (χ4v) is 2.41. The van der Waals surface area contributed by atoms with E-state index in [-0.39, 0.29) is 11.9 Å². The second-order valence-corrected chi connectivity index (χ2v) is 4.90. The fraction of sp³-hybridized carbons (Fsp3) is 0.250. The Bertz CT molecular complexity index is 688. The molecule has 3 nitrogen and oxygen atoms in total.